The first-order valence-electron chi connectivity index (χ1n) is 8.32. The highest BCUT2D eigenvalue weighted by atomic mass is 32.2. The molecule has 0 fully saturated rings. The van der Waals surface area contributed by atoms with Crippen LogP contribution >= 0.6 is 11.8 Å². The Hall–Kier alpha value is -2.53. The summed E-state index contributed by atoms with van der Waals surface area (Å²) in [5.74, 6) is 0.0114. The van der Waals surface area contributed by atoms with Gasteiger partial charge in [-0.25, -0.2) is 0 Å². The normalized spacial score (nSPS) is 11.5. The average molecular weight is 367 g/mol. The second-order valence-corrected chi connectivity index (χ2v) is 8.21. The fourth-order valence-electron chi connectivity index (χ4n) is 2.84. The van der Waals surface area contributed by atoms with Gasteiger partial charge in [0.15, 0.2) is 0 Å². The van der Waals surface area contributed by atoms with Gasteiger partial charge in [-0.2, -0.15) is 0 Å². The van der Waals surface area contributed by atoms with Crippen LogP contribution in [0.1, 0.15) is 25.0 Å². The first-order valence-corrected chi connectivity index (χ1v) is 9.14. The zero-order chi connectivity index (χ0) is 18.7. The van der Waals surface area contributed by atoms with Crippen molar-refractivity contribution in [3.8, 4) is 5.75 Å². The van der Waals surface area contributed by atoms with Crippen molar-refractivity contribution in [2.75, 3.05) is 7.11 Å². The van der Waals surface area contributed by atoms with Crippen molar-refractivity contribution in [1.29, 1.82) is 0 Å². The molecule has 0 saturated carbocycles. The van der Waals surface area contributed by atoms with E-state index < -0.39 is 10.7 Å². The molecular weight excluding hydrogens is 346 g/mol. The van der Waals surface area contributed by atoms with Gasteiger partial charge in [0.25, 0.3) is 0 Å². The molecule has 1 heterocycles. The third-order valence-corrected chi connectivity index (χ3v) is 5.62. The SMILES string of the molecule is COc1ccc(Cc2cnccc2SC(C)(C)C(=O)O)c2ccccc12. The minimum absolute atomic E-state index is 0.677. The summed E-state index contributed by atoms with van der Waals surface area (Å²) >= 11 is 1.35. The predicted octanol–water partition coefficient (Wildman–Crippen LogP) is 4.79. The molecule has 26 heavy (non-hydrogen) atoms. The number of hydrogen-bond donors (Lipinski definition) is 1. The maximum absolute atomic E-state index is 11.5. The Morgan fingerprint density at radius 1 is 1.12 bits per heavy atom. The van der Waals surface area contributed by atoms with Crippen LogP contribution in [0, 0.1) is 0 Å². The van der Waals surface area contributed by atoms with E-state index in [-0.39, 0.29) is 0 Å². The highest BCUT2D eigenvalue weighted by molar-refractivity contribution is 8.01. The number of thioether (sulfide) groups is 1. The summed E-state index contributed by atoms with van der Waals surface area (Å²) in [7, 11) is 1.67. The molecule has 1 N–H and O–H groups in total. The van der Waals surface area contributed by atoms with Gasteiger partial charge in [0.2, 0.25) is 0 Å². The van der Waals surface area contributed by atoms with E-state index in [1.54, 1.807) is 27.2 Å². The van der Waals surface area contributed by atoms with Gasteiger partial charge in [0.1, 0.15) is 10.5 Å². The number of carboxylic acids is 1. The van der Waals surface area contributed by atoms with Gasteiger partial charge in [0, 0.05) is 29.1 Å². The minimum atomic E-state index is -0.905. The lowest BCUT2D eigenvalue weighted by Gasteiger charge is -2.20. The van der Waals surface area contributed by atoms with E-state index in [9.17, 15) is 9.90 Å². The van der Waals surface area contributed by atoms with Gasteiger partial charge < -0.3 is 9.84 Å². The van der Waals surface area contributed by atoms with Crippen LogP contribution in [0.15, 0.2) is 59.8 Å². The average Bonchev–Trinajstić information content (AvgIpc) is 2.63. The molecule has 1 aromatic heterocycles. The lowest BCUT2D eigenvalue weighted by molar-refractivity contribution is -0.138. The number of benzene rings is 2. The highest BCUT2D eigenvalue weighted by Crippen LogP contribution is 2.36. The Morgan fingerprint density at radius 2 is 1.85 bits per heavy atom. The fraction of sp³-hybridized carbons (Fsp3) is 0.238. The topological polar surface area (TPSA) is 59.4 Å². The first kappa shape index (κ1) is 18.3. The number of nitrogens with zero attached hydrogens (tertiary/aromatic N) is 1. The number of hydrogen-bond acceptors (Lipinski definition) is 4. The van der Waals surface area contributed by atoms with Crippen LogP contribution in [0.4, 0.5) is 0 Å². The number of methoxy groups -OCH3 is 1. The number of ether oxygens (including phenoxy) is 1. The van der Waals surface area contributed by atoms with Crippen LogP contribution in [0.5, 0.6) is 5.75 Å². The van der Waals surface area contributed by atoms with Crippen LogP contribution in [-0.4, -0.2) is 27.9 Å². The molecule has 0 radical (unpaired) electrons. The number of carboxylic acid groups (broad SMARTS) is 1. The molecule has 0 aliphatic rings. The van der Waals surface area contributed by atoms with Gasteiger partial charge in [-0.05, 0) is 42.5 Å². The van der Waals surface area contributed by atoms with E-state index in [4.69, 9.17) is 4.74 Å². The van der Waals surface area contributed by atoms with Crippen molar-refractivity contribution in [3.05, 3.63) is 66.0 Å². The van der Waals surface area contributed by atoms with Crippen LogP contribution in [0.2, 0.25) is 0 Å². The lowest BCUT2D eigenvalue weighted by Crippen LogP contribution is -2.27. The molecule has 2 aromatic carbocycles. The summed E-state index contributed by atoms with van der Waals surface area (Å²) in [6, 6.07) is 14.1. The number of aliphatic carboxylic acids is 1. The van der Waals surface area contributed by atoms with Crippen molar-refractivity contribution >= 4 is 28.5 Å². The fourth-order valence-corrected chi connectivity index (χ4v) is 3.86. The Kier molecular flexibility index (Phi) is 5.18. The van der Waals surface area contributed by atoms with Crippen molar-refractivity contribution in [2.24, 2.45) is 0 Å². The molecule has 0 aliphatic carbocycles. The van der Waals surface area contributed by atoms with E-state index in [1.807, 2.05) is 36.5 Å². The molecule has 0 atom stereocenters. The van der Waals surface area contributed by atoms with Crippen LogP contribution in [0.3, 0.4) is 0 Å². The summed E-state index contributed by atoms with van der Waals surface area (Å²) in [4.78, 5) is 16.7. The van der Waals surface area contributed by atoms with E-state index in [0.717, 1.165) is 32.5 Å². The largest absolute Gasteiger partial charge is 0.496 e. The summed E-state index contributed by atoms with van der Waals surface area (Å²) < 4.78 is 4.56. The standard InChI is InChI=1S/C21H21NO3S/c1-21(2,20(23)24)26-19-10-11-22-13-15(19)12-14-8-9-18(25-3)17-7-5-4-6-16(14)17/h4-11,13H,12H2,1-3H3,(H,23,24). The van der Waals surface area contributed by atoms with Gasteiger partial charge in [-0.1, -0.05) is 30.3 Å². The molecule has 3 rings (SSSR count). The molecule has 134 valence electrons. The van der Waals surface area contributed by atoms with Crippen LogP contribution < -0.4 is 4.74 Å². The van der Waals surface area contributed by atoms with Gasteiger partial charge >= 0.3 is 5.97 Å². The molecule has 0 spiro atoms. The van der Waals surface area contributed by atoms with E-state index in [1.165, 1.54) is 11.8 Å². The Balaban J connectivity index is 2.01. The molecule has 0 aliphatic heterocycles. The van der Waals surface area contributed by atoms with Crippen molar-refractivity contribution in [3.63, 3.8) is 0 Å². The molecular formula is C21H21NO3S. The summed E-state index contributed by atoms with van der Waals surface area (Å²) in [6.07, 6.45) is 4.20. The lowest BCUT2D eigenvalue weighted by atomic mass is 9.98. The Labute approximate surface area is 157 Å². The predicted molar refractivity (Wildman–Crippen MR) is 105 cm³/mol. The van der Waals surface area contributed by atoms with Crippen molar-refractivity contribution in [2.45, 2.75) is 29.9 Å². The number of rotatable bonds is 6. The number of aromatic nitrogens is 1. The van der Waals surface area contributed by atoms with Gasteiger partial charge in [-0.3, -0.25) is 9.78 Å². The number of carbonyl (C=O) groups is 1. The summed E-state index contributed by atoms with van der Waals surface area (Å²) in [5, 5.41) is 11.6. The van der Waals surface area contributed by atoms with E-state index in [0.29, 0.717) is 6.42 Å². The summed E-state index contributed by atoms with van der Waals surface area (Å²) in [5.41, 5.74) is 2.17. The molecule has 0 amide bonds. The van der Waals surface area contributed by atoms with E-state index >= 15 is 0 Å². The number of fused-ring (bicyclic) bond motifs is 1. The van der Waals surface area contributed by atoms with Crippen LogP contribution in [-0.2, 0) is 11.2 Å². The second-order valence-electron chi connectivity index (χ2n) is 6.55. The maximum atomic E-state index is 11.5. The van der Waals surface area contributed by atoms with Crippen molar-refractivity contribution in [1.82, 2.24) is 4.98 Å². The minimum Gasteiger partial charge on any atom is -0.496 e. The third-order valence-electron chi connectivity index (χ3n) is 4.31. The summed E-state index contributed by atoms with van der Waals surface area (Å²) in [6.45, 7) is 3.43. The first-order chi connectivity index (χ1) is 12.4. The molecule has 0 bridgehead atoms. The monoisotopic (exact) mass is 367 g/mol. The highest BCUT2D eigenvalue weighted by Gasteiger charge is 2.29. The third kappa shape index (κ3) is 3.68. The Morgan fingerprint density at radius 3 is 2.54 bits per heavy atom. The molecule has 0 saturated heterocycles. The molecule has 5 heteroatoms. The number of pyridine rings is 1. The second kappa shape index (κ2) is 7.38. The van der Waals surface area contributed by atoms with E-state index in [2.05, 4.69) is 17.1 Å². The quantitative estimate of drug-likeness (QED) is 0.635. The van der Waals surface area contributed by atoms with Gasteiger partial charge in [0.05, 0.1) is 7.11 Å². The van der Waals surface area contributed by atoms with Gasteiger partial charge in [-0.15, -0.1) is 11.8 Å². The zero-order valence-corrected chi connectivity index (χ0v) is 15.8. The smallest absolute Gasteiger partial charge is 0.319 e. The van der Waals surface area contributed by atoms with Crippen LogP contribution in [0.25, 0.3) is 10.8 Å². The maximum Gasteiger partial charge on any atom is 0.319 e. The zero-order valence-electron chi connectivity index (χ0n) is 15.0. The Bertz CT molecular complexity index is 953. The van der Waals surface area contributed by atoms with Crippen molar-refractivity contribution < 1.29 is 14.6 Å². The molecule has 4 nitrogen and oxygen atoms in total. The molecule has 0 unspecified atom stereocenters. The molecule has 3 aromatic rings.